The zero-order valence-electron chi connectivity index (χ0n) is 19.2. The van der Waals surface area contributed by atoms with Crippen molar-refractivity contribution in [3.8, 4) is 34.1 Å². The van der Waals surface area contributed by atoms with E-state index in [2.05, 4.69) is 55.5 Å². The molecule has 170 valence electrons. The summed E-state index contributed by atoms with van der Waals surface area (Å²) in [6, 6.07) is 29.5. The minimum atomic E-state index is 0.102. The van der Waals surface area contributed by atoms with Gasteiger partial charge in [0, 0.05) is 23.7 Å². The maximum absolute atomic E-state index is 11.2. The first-order chi connectivity index (χ1) is 17.0. The highest BCUT2D eigenvalue weighted by molar-refractivity contribution is 5.89. The van der Waals surface area contributed by atoms with E-state index in [4.69, 9.17) is 9.97 Å². The number of rotatable bonds is 4. The van der Waals surface area contributed by atoms with Gasteiger partial charge in [-0.25, -0.2) is 9.97 Å². The lowest BCUT2D eigenvalue weighted by Gasteiger charge is -2.09. The van der Waals surface area contributed by atoms with Crippen LogP contribution in [0.15, 0.2) is 97.2 Å². The van der Waals surface area contributed by atoms with Crippen LogP contribution < -0.4 is 0 Å². The second-order valence-electron chi connectivity index (χ2n) is 8.82. The Kier molecular flexibility index (Phi) is 4.96. The van der Waals surface area contributed by atoms with Crippen molar-refractivity contribution >= 4 is 16.4 Å². The molecular weight excluding hydrogens is 434 g/mol. The summed E-state index contributed by atoms with van der Waals surface area (Å²) in [5.74, 6) is 0.292. The third kappa shape index (κ3) is 3.87. The van der Waals surface area contributed by atoms with E-state index in [-0.39, 0.29) is 11.6 Å². The molecule has 2 heterocycles. The molecule has 0 atom stereocenters. The predicted octanol–water partition coefficient (Wildman–Crippen LogP) is 6.53. The van der Waals surface area contributed by atoms with Crippen molar-refractivity contribution in [2.24, 2.45) is 0 Å². The maximum atomic E-state index is 11.2. The second kappa shape index (κ2) is 8.29. The number of aromatic nitrogens is 3. The number of hydrogen-bond acceptors (Lipinski definition) is 4. The first-order valence-electron chi connectivity index (χ1n) is 11.5. The zero-order valence-corrected chi connectivity index (χ0v) is 19.2. The lowest BCUT2D eigenvalue weighted by molar-refractivity contribution is 0.442. The standard InChI is InChI=1S/C30H23N3O2/c1-19-6-8-20(9-7-19)16-26-30(35)33-18-27(22-12-14-25(34)15-13-22)31-28(29(33)32-26)24-11-10-21-4-2-3-5-23(21)17-24/h2-15,17-18,34-35H,16H2,1H3. The van der Waals surface area contributed by atoms with Gasteiger partial charge >= 0.3 is 0 Å². The fourth-order valence-electron chi connectivity index (χ4n) is 4.40. The number of benzene rings is 4. The van der Waals surface area contributed by atoms with E-state index in [0.29, 0.717) is 29.1 Å². The molecule has 2 aromatic heterocycles. The normalized spacial score (nSPS) is 11.3. The number of aryl methyl sites for hydroxylation is 1. The van der Waals surface area contributed by atoms with Gasteiger partial charge in [-0.15, -0.1) is 0 Å². The smallest absolute Gasteiger partial charge is 0.219 e. The summed E-state index contributed by atoms with van der Waals surface area (Å²) in [5, 5.41) is 23.2. The van der Waals surface area contributed by atoms with Gasteiger partial charge in [-0.1, -0.05) is 66.2 Å². The molecule has 0 aliphatic heterocycles. The van der Waals surface area contributed by atoms with E-state index in [1.165, 1.54) is 5.56 Å². The van der Waals surface area contributed by atoms with Gasteiger partial charge in [-0.3, -0.25) is 4.40 Å². The first-order valence-corrected chi connectivity index (χ1v) is 11.5. The summed E-state index contributed by atoms with van der Waals surface area (Å²) in [5.41, 5.74) is 6.58. The van der Waals surface area contributed by atoms with E-state index in [0.717, 1.165) is 27.5 Å². The van der Waals surface area contributed by atoms with Crippen molar-refractivity contribution in [3.63, 3.8) is 0 Å². The summed E-state index contributed by atoms with van der Waals surface area (Å²) >= 11 is 0. The maximum Gasteiger partial charge on any atom is 0.219 e. The Morgan fingerprint density at radius 2 is 1.46 bits per heavy atom. The van der Waals surface area contributed by atoms with Gasteiger partial charge in [-0.2, -0.15) is 0 Å². The van der Waals surface area contributed by atoms with E-state index >= 15 is 0 Å². The van der Waals surface area contributed by atoms with Crippen LogP contribution in [0.2, 0.25) is 0 Å². The van der Waals surface area contributed by atoms with Crippen molar-refractivity contribution in [2.75, 3.05) is 0 Å². The molecule has 35 heavy (non-hydrogen) atoms. The molecule has 4 aromatic carbocycles. The van der Waals surface area contributed by atoms with Crippen molar-refractivity contribution in [1.82, 2.24) is 14.4 Å². The third-order valence-electron chi connectivity index (χ3n) is 6.33. The van der Waals surface area contributed by atoms with Crippen LogP contribution in [0.25, 0.3) is 38.9 Å². The van der Waals surface area contributed by atoms with E-state index in [1.807, 2.05) is 30.3 Å². The highest BCUT2D eigenvalue weighted by Gasteiger charge is 2.19. The molecule has 6 rings (SSSR count). The van der Waals surface area contributed by atoms with Crippen LogP contribution in [0.4, 0.5) is 0 Å². The molecule has 0 saturated carbocycles. The molecular formula is C30H23N3O2. The van der Waals surface area contributed by atoms with Gasteiger partial charge in [0.2, 0.25) is 5.88 Å². The Hall–Kier alpha value is -4.64. The summed E-state index contributed by atoms with van der Waals surface area (Å²) in [7, 11) is 0. The highest BCUT2D eigenvalue weighted by Crippen LogP contribution is 2.33. The largest absolute Gasteiger partial charge is 0.508 e. The number of fused-ring (bicyclic) bond motifs is 2. The third-order valence-corrected chi connectivity index (χ3v) is 6.33. The molecule has 0 aliphatic carbocycles. The number of nitrogens with zero attached hydrogens (tertiary/aromatic N) is 3. The Labute approximate surface area is 202 Å². The van der Waals surface area contributed by atoms with Crippen molar-refractivity contribution in [1.29, 1.82) is 0 Å². The lowest BCUT2D eigenvalue weighted by Crippen LogP contribution is -1.96. The number of imidazole rings is 1. The van der Waals surface area contributed by atoms with Crippen LogP contribution in [0, 0.1) is 6.92 Å². The average Bonchev–Trinajstić information content (AvgIpc) is 3.20. The lowest BCUT2D eigenvalue weighted by atomic mass is 10.0. The van der Waals surface area contributed by atoms with E-state index in [9.17, 15) is 10.2 Å². The van der Waals surface area contributed by atoms with Crippen LogP contribution in [0.3, 0.4) is 0 Å². The highest BCUT2D eigenvalue weighted by atomic mass is 16.3. The first kappa shape index (κ1) is 20.9. The molecule has 5 heteroatoms. The molecule has 0 spiro atoms. The fraction of sp³-hybridized carbons (Fsp3) is 0.0667. The van der Waals surface area contributed by atoms with Crippen molar-refractivity contribution in [2.45, 2.75) is 13.3 Å². The summed E-state index contributed by atoms with van der Waals surface area (Å²) in [4.78, 5) is 9.82. The van der Waals surface area contributed by atoms with Crippen LogP contribution in [-0.4, -0.2) is 24.6 Å². The van der Waals surface area contributed by atoms with Gasteiger partial charge in [0.05, 0.1) is 5.69 Å². The molecule has 0 amide bonds. The molecule has 0 unspecified atom stereocenters. The zero-order chi connectivity index (χ0) is 23.9. The van der Waals surface area contributed by atoms with Gasteiger partial charge in [0.1, 0.15) is 17.1 Å². The molecule has 0 fully saturated rings. The SMILES string of the molecule is Cc1ccc(Cc2nc3c(-c4ccc5ccccc5c4)nc(-c4ccc(O)cc4)cn3c2O)cc1. The molecule has 0 bridgehead atoms. The number of phenols is 1. The van der Waals surface area contributed by atoms with Crippen LogP contribution in [-0.2, 0) is 6.42 Å². The van der Waals surface area contributed by atoms with Crippen molar-refractivity contribution < 1.29 is 10.2 Å². The molecule has 5 nitrogen and oxygen atoms in total. The number of phenolic OH excluding ortho intramolecular Hbond substituents is 1. The van der Waals surface area contributed by atoms with Gasteiger partial charge in [0.25, 0.3) is 0 Å². The summed E-state index contributed by atoms with van der Waals surface area (Å²) in [6.07, 6.45) is 2.31. The summed E-state index contributed by atoms with van der Waals surface area (Å²) in [6.45, 7) is 2.05. The minimum absolute atomic E-state index is 0.102. The molecule has 0 saturated heterocycles. The summed E-state index contributed by atoms with van der Waals surface area (Å²) < 4.78 is 1.71. The predicted molar refractivity (Wildman–Crippen MR) is 139 cm³/mol. The number of hydrogen-bond donors (Lipinski definition) is 2. The Bertz CT molecular complexity index is 1680. The van der Waals surface area contributed by atoms with Crippen LogP contribution in [0.5, 0.6) is 11.6 Å². The van der Waals surface area contributed by atoms with Crippen LogP contribution in [0.1, 0.15) is 16.8 Å². The number of aromatic hydroxyl groups is 2. The van der Waals surface area contributed by atoms with Crippen molar-refractivity contribution in [3.05, 3.63) is 114 Å². The monoisotopic (exact) mass is 457 g/mol. The molecule has 0 aliphatic rings. The minimum Gasteiger partial charge on any atom is -0.508 e. The Morgan fingerprint density at radius 1 is 0.743 bits per heavy atom. The average molecular weight is 458 g/mol. The molecule has 0 radical (unpaired) electrons. The second-order valence-corrected chi connectivity index (χ2v) is 8.82. The Balaban J connectivity index is 1.56. The van der Waals surface area contributed by atoms with Gasteiger partial charge in [-0.05, 0) is 53.6 Å². The molecule has 6 aromatic rings. The topological polar surface area (TPSA) is 70.7 Å². The van der Waals surface area contributed by atoms with Gasteiger partial charge in [0.15, 0.2) is 5.65 Å². The van der Waals surface area contributed by atoms with Gasteiger partial charge < -0.3 is 10.2 Å². The quantitative estimate of drug-likeness (QED) is 0.316. The van der Waals surface area contributed by atoms with E-state index < -0.39 is 0 Å². The van der Waals surface area contributed by atoms with E-state index in [1.54, 1.807) is 22.7 Å². The Morgan fingerprint density at radius 3 is 2.23 bits per heavy atom. The molecule has 2 N–H and O–H groups in total. The van der Waals surface area contributed by atoms with Crippen LogP contribution >= 0.6 is 0 Å². The fourth-order valence-corrected chi connectivity index (χ4v) is 4.40.